The topological polar surface area (TPSA) is 15.3 Å². The van der Waals surface area contributed by atoms with E-state index in [2.05, 4.69) is 62.2 Å². The van der Waals surface area contributed by atoms with Gasteiger partial charge in [-0.25, -0.2) is 0 Å². The molecule has 0 aromatic heterocycles. The Morgan fingerprint density at radius 1 is 1.15 bits per heavy atom. The molecule has 20 heavy (non-hydrogen) atoms. The molecule has 0 aliphatic carbocycles. The summed E-state index contributed by atoms with van der Waals surface area (Å²) in [7, 11) is 0. The summed E-state index contributed by atoms with van der Waals surface area (Å²) in [5.41, 5.74) is 2.94. The smallest absolute Gasteiger partial charge is 0.0239 e. The maximum Gasteiger partial charge on any atom is 0.0239 e. The Labute approximate surface area is 124 Å². The first-order valence-electron chi connectivity index (χ1n) is 8.10. The van der Waals surface area contributed by atoms with Crippen molar-refractivity contribution in [1.82, 2.24) is 10.2 Å². The minimum atomic E-state index is 0.539. The molecule has 112 valence electrons. The zero-order chi connectivity index (χ0) is 14.5. The summed E-state index contributed by atoms with van der Waals surface area (Å²) in [6, 6.07) is 10.1. The highest BCUT2D eigenvalue weighted by Gasteiger charge is 2.23. The highest BCUT2D eigenvalue weighted by atomic mass is 15.2. The van der Waals surface area contributed by atoms with Crippen LogP contribution in [0.25, 0.3) is 0 Å². The van der Waals surface area contributed by atoms with E-state index >= 15 is 0 Å². The van der Waals surface area contributed by atoms with Crippen LogP contribution in [0, 0.1) is 5.92 Å². The summed E-state index contributed by atoms with van der Waals surface area (Å²) < 4.78 is 0. The van der Waals surface area contributed by atoms with E-state index in [0.717, 1.165) is 25.0 Å². The molecule has 1 saturated heterocycles. The predicted octanol–water partition coefficient (Wildman–Crippen LogP) is 3.81. The van der Waals surface area contributed by atoms with Crippen molar-refractivity contribution in [3.8, 4) is 0 Å². The molecule has 1 aromatic carbocycles. The molecule has 0 bridgehead atoms. The van der Waals surface area contributed by atoms with Gasteiger partial charge in [0.05, 0.1) is 0 Å². The molecule has 2 atom stereocenters. The van der Waals surface area contributed by atoms with E-state index in [4.69, 9.17) is 0 Å². The van der Waals surface area contributed by atoms with Crippen molar-refractivity contribution in [2.45, 2.75) is 65.7 Å². The molecule has 1 N–H and O–H groups in total. The summed E-state index contributed by atoms with van der Waals surface area (Å²) in [4.78, 5) is 2.66. The number of benzene rings is 1. The first-order chi connectivity index (χ1) is 9.56. The number of rotatable bonds is 5. The lowest BCUT2D eigenvalue weighted by Gasteiger charge is -2.37. The molecule has 0 spiro atoms. The third-order valence-corrected chi connectivity index (χ3v) is 4.44. The van der Waals surface area contributed by atoms with Gasteiger partial charge in [0.1, 0.15) is 0 Å². The van der Waals surface area contributed by atoms with E-state index in [0.29, 0.717) is 6.04 Å². The third kappa shape index (κ3) is 4.32. The Balaban J connectivity index is 2.04. The largest absolute Gasteiger partial charge is 0.310 e. The molecular weight excluding hydrogens is 244 g/mol. The second kappa shape index (κ2) is 7.24. The fourth-order valence-corrected chi connectivity index (χ4v) is 3.02. The van der Waals surface area contributed by atoms with E-state index < -0.39 is 0 Å². The number of nitrogens with zero attached hydrogens (tertiary/aromatic N) is 1. The minimum Gasteiger partial charge on any atom is -0.310 e. The molecule has 0 saturated carbocycles. The van der Waals surface area contributed by atoms with Gasteiger partial charge in [-0.2, -0.15) is 0 Å². The molecule has 2 rings (SSSR count). The van der Waals surface area contributed by atoms with Gasteiger partial charge in [0, 0.05) is 31.7 Å². The summed E-state index contributed by atoms with van der Waals surface area (Å²) in [6.07, 6.45) is 2.72. The molecular formula is C18H30N2. The fraction of sp³-hybridized carbons (Fsp3) is 0.667. The lowest BCUT2D eigenvalue weighted by Crippen LogP contribution is -2.40. The van der Waals surface area contributed by atoms with Crippen LogP contribution in [0.1, 0.15) is 51.7 Å². The van der Waals surface area contributed by atoms with Crippen molar-refractivity contribution in [2.24, 2.45) is 5.92 Å². The van der Waals surface area contributed by atoms with Crippen molar-refractivity contribution in [3.05, 3.63) is 35.4 Å². The van der Waals surface area contributed by atoms with Crippen LogP contribution >= 0.6 is 0 Å². The van der Waals surface area contributed by atoms with Gasteiger partial charge in [-0.1, -0.05) is 45.0 Å². The van der Waals surface area contributed by atoms with Gasteiger partial charge in [0.25, 0.3) is 0 Å². The summed E-state index contributed by atoms with van der Waals surface area (Å²) in [5.74, 6) is 0.840. The van der Waals surface area contributed by atoms with Crippen LogP contribution in [0.4, 0.5) is 0 Å². The van der Waals surface area contributed by atoms with E-state index in [1.54, 1.807) is 0 Å². The van der Waals surface area contributed by atoms with Gasteiger partial charge < -0.3 is 5.32 Å². The molecule has 2 unspecified atom stereocenters. The molecule has 1 aromatic rings. The van der Waals surface area contributed by atoms with E-state index in [1.165, 1.54) is 30.5 Å². The summed E-state index contributed by atoms with van der Waals surface area (Å²) >= 11 is 0. The first-order valence-corrected chi connectivity index (χ1v) is 8.10. The lowest BCUT2D eigenvalue weighted by molar-refractivity contribution is 0.117. The van der Waals surface area contributed by atoms with Crippen LogP contribution in [0.5, 0.6) is 0 Å². The number of piperidine rings is 1. The van der Waals surface area contributed by atoms with Gasteiger partial charge in [-0.15, -0.1) is 0 Å². The second-order valence-corrected chi connectivity index (χ2v) is 6.77. The zero-order valence-electron chi connectivity index (χ0n) is 13.5. The van der Waals surface area contributed by atoms with Crippen LogP contribution in [-0.2, 0) is 13.1 Å². The number of nitrogens with one attached hydrogen (secondary N) is 1. The molecule has 1 aliphatic rings. The van der Waals surface area contributed by atoms with Crippen LogP contribution < -0.4 is 5.32 Å². The monoisotopic (exact) mass is 274 g/mol. The third-order valence-electron chi connectivity index (χ3n) is 4.44. The van der Waals surface area contributed by atoms with Crippen LogP contribution in [0.15, 0.2) is 24.3 Å². The first kappa shape index (κ1) is 15.5. The molecule has 2 heteroatoms. The molecule has 1 heterocycles. The second-order valence-electron chi connectivity index (χ2n) is 6.77. The van der Waals surface area contributed by atoms with Crippen LogP contribution in [-0.4, -0.2) is 23.5 Å². The normalized spacial score (nSPS) is 24.2. The molecule has 1 fully saturated rings. The highest BCUT2D eigenvalue weighted by Crippen LogP contribution is 2.24. The molecule has 0 radical (unpaired) electrons. The molecule has 1 aliphatic heterocycles. The van der Waals surface area contributed by atoms with Crippen molar-refractivity contribution >= 4 is 0 Å². The van der Waals surface area contributed by atoms with Crippen LogP contribution in [0.2, 0.25) is 0 Å². The maximum atomic E-state index is 3.54. The van der Waals surface area contributed by atoms with Crippen molar-refractivity contribution < 1.29 is 0 Å². The van der Waals surface area contributed by atoms with Crippen LogP contribution in [0.3, 0.4) is 0 Å². The van der Waals surface area contributed by atoms with E-state index in [-0.39, 0.29) is 0 Å². The average molecular weight is 274 g/mol. The maximum absolute atomic E-state index is 3.54. The average Bonchev–Trinajstić information content (AvgIpc) is 2.42. The summed E-state index contributed by atoms with van der Waals surface area (Å²) in [6.45, 7) is 12.5. The van der Waals surface area contributed by atoms with Gasteiger partial charge >= 0.3 is 0 Å². The van der Waals surface area contributed by atoms with Gasteiger partial charge in [-0.3, -0.25) is 4.90 Å². The van der Waals surface area contributed by atoms with Gasteiger partial charge in [0.2, 0.25) is 0 Å². The molecule has 0 amide bonds. The van der Waals surface area contributed by atoms with E-state index in [1.807, 2.05) is 0 Å². The highest BCUT2D eigenvalue weighted by molar-refractivity contribution is 5.27. The van der Waals surface area contributed by atoms with Gasteiger partial charge in [0.15, 0.2) is 0 Å². The Morgan fingerprint density at radius 3 is 2.55 bits per heavy atom. The Hall–Kier alpha value is -0.860. The summed E-state index contributed by atoms with van der Waals surface area (Å²) in [5, 5.41) is 3.54. The standard InChI is InChI=1S/C18H30N2/c1-14(2)19-11-17-7-5-6-8-18(17)13-20-12-15(3)9-10-16(20)4/h5-8,14-16,19H,9-13H2,1-4H3. The Morgan fingerprint density at radius 2 is 1.85 bits per heavy atom. The number of likely N-dealkylation sites (tertiary alicyclic amines) is 1. The number of hydrogen-bond donors (Lipinski definition) is 1. The van der Waals surface area contributed by atoms with Crippen molar-refractivity contribution in [3.63, 3.8) is 0 Å². The Kier molecular flexibility index (Phi) is 5.62. The Bertz CT molecular complexity index is 414. The molecule has 2 nitrogen and oxygen atoms in total. The predicted molar refractivity (Wildman–Crippen MR) is 86.7 cm³/mol. The fourth-order valence-electron chi connectivity index (χ4n) is 3.02. The van der Waals surface area contributed by atoms with Crippen molar-refractivity contribution in [1.29, 1.82) is 0 Å². The number of hydrogen-bond acceptors (Lipinski definition) is 2. The lowest BCUT2D eigenvalue weighted by atomic mass is 9.94. The zero-order valence-corrected chi connectivity index (χ0v) is 13.5. The quantitative estimate of drug-likeness (QED) is 0.878. The van der Waals surface area contributed by atoms with Gasteiger partial charge in [-0.05, 0) is 36.8 Å². The SMILES string of the molecule is CC1CCC(C)N(Cc2ccccc2CNC(C)C)C1. The van der Waals surface area contributed by atoms with Crippen molar-refractivity contribution in [2.75, 3.05) is 6.54 Å². The minimum absolute atomic E-state index is 0.539. The van der Waals surface area contributed by atoms with E-state index in [9.17, 15) is 0 Å².